The zero-order chi connectivity index (χ0) is 13.2. The van der Waals surface area contributed by atoms with Crippen LogP contribution in [0.4, 0.5) is 4.39 Å². The van der Waals surface area contributed by atoms with Crippen molar-refractivity contribution in [2.75, 3.05) is 32.7 Å². The smallest absolute Gasteiger partial charge is 0.123 e. The third kappa shape index (κ3) is 2.80. The monoisotopic (exact) mass is 261 g/mol. The lowest BCUT2D eigenvalue weighted by atomic mass is 10.1. The minimum absolute atomic E-state index is 0.153. The average Bonchev–Trinajstić information content (AvgIpc) is 2.40. The van der Waals surface area contributed by atoms with E-state index in [2.05, 4.69) is 21.7 Å². The summed E-state index contributed by atoms with van der Waals surface area (Å²) in [7, 11) is 0. The number of rotatable bonds is 2. The molecule has 1 atom stereocenters. The predicted molar refractivity (Wildman–Crippen MR) is 74.2 cm³/mol. The van der Waals surface area contributed by atoms with Gasteiger partial charge in [-0.3, -0.25) is 9.80 Å². The fourth-order valence-corrected chi connectivity index (χ4v) is 2.99. The molecular weight excluding hydrogens is 241 g/mol. The second-order valence-electron chi connectivity index (χ2n) is 5.37. The highest BCUT2D eigenvalue weighted by Crippen LogP contribution is 2.19. The van der Waals surface area contributed by atoms with Crippen LogP contribution < -0.4 is 5.32 Å². The van der Waals surface area contributed by atoms with Crippen molar-refractivity contribution in [3.63, 3.8) is 0 Å². The van der Waals surface area contributed by atoms with Gasteiger partial charge in [-0.1, -0.05) is 18.7 Å². The molecule has 2 aliphatic rings. The van der Waals surface area contributed by atoms with E-state index >= 15 is 0 Å². The van der Waals surface area contributed by atoms with E-state index in [4.69, 9.17) is 0 Å². The number of nitrogens with zero attached hydrogens (tertiary/aromatic N) is 2. The molecule has 3 rings (SSSR count). The summed E-state index contributed by atoms with van der Waals surface area (Å²) in [5.74, 6) is -0.153. The molecule has 0 spiro atoms. The zero-order valence-electron chi connectivity index (χ0n) is 11.1. The van der Waals surface area contributed by atoms with Gasteiger partial charge in [-0.15, -0.1) is 0 Å². The van der Waals surface area contributed by atoms with Crippen LogP contribution in [0, 0.1) is 5.82 Å². The van der Waals surface area contributed by atoms with Crippen molar-refractivity contribution in [2.45, 2.75) is 12.6 Å². The van der Waals surface area contributed by atoms with Gasteiger partial charge in [-0.25, -0.2) is 4.39 Å². The molecule has 19 heavy (non-hydrogen) atoms. The quantitative estimate of drug-likeness (QED) is 0.869. The lowest BCUT2D eigenvalue weighted by Gasteiger charge is -2.45. The maximum Gasteiger partial charge on any atom is 0.123 e. The van der Waals surface area contributed by atoms with Crippen LogP contribution in [-0.4, -0.2) is 48.6 Å². The normalized spacial score (nSPS) is 24.9. The Morgan fingerprint density at radius 3 is 3.05 bits per heavy atom. The van der Waals surface area contributed by atoms with E-state index in [1.165, 1.54) is 6.07 Å². The molecule has 2 heterocycles. The molecule has 2 aliphatic heterocycles. The molecule has 102 valence electrons. The van der Waals surface area contributed by atoms with E-state index < -0.39 is 0 Å². The Morgan fingerprint density at radius 2 is 2.21 bits per heavy atom. The highest BCUT2D eigenvalue weighted by atomic mass is 19.1. The van der Waals surface area contributed by atoms with Crippen molar-refractivity contribution in [2.24, 2.45) is 0 Å². The number of nitrogens with one attached hydrogen (secondary N) is 1. The van der Waals surface area contributed by atoms with Crippen molar-refractivity contribution in [1.82, 2.24) is 15.1 Å². The second kappa shape index (κ2) is 5.31. The topological polar surface area (TPSA) is 18.5 Å². The minimum atomic E-state index is -0.153. The predicted octanol–water partition coefficient (Wildman–Crippen LogP) is 1.43. The lowest BCUT2D eigenvalue weighted by Crippen LogP contribution is -2.59. The fourth-order valence-electron chi connectivity index (χ4n) is 2.99. The van der Waals surface area contributed by atoms with Crippen molar-refractivity contribution < 1.29 is 4.39 Å². The molecule has 0 aromatic heterocycles. The first-order valence-corrected chi connectivity index (χ1v) is 6.86. The van der Waals surface area contributed by atoms with Crippen LogP contribution in [-0.2, 0) is 6.54 Å². The Kier molecular flexibility index (Phi) is 3.53. The minimum Gasteiger partial charge on any atom is -0.386 e. The molecule has 0 aliphatic carbocycles. The van der Waals surface area contributed by atoms with Crippen LogP contribution in [0.2, 0.25) is 0 Å². The lowest BCUT2D eigenvalue weighted by molar-refractivity contribution is 0.0725. The molecule has 0 radical (unpaired) electrons. The van der Waals surface area contributed by atoms with Gasteiger partial charge in [0.05, 0.1) is 6.04 Å². The molecule has 0 amide bonds. The summed E-state index contributed by atoms with van der Waals surface area (Å²) in [5.41, 5.74) is 2.16. The van der Waals surface area contributed by atoms with Gasteiger partial charge in [0.2, 0.25) is 0 Å². The first-order valence-electron chi connectivity index (χ1n) is 6.86. The summed E-state index contributed by atoms with van der Waals surface area (Å²) in [6.45, 7) is 10.1. The summed E-state index contributed by atoms with van der Waals surface area (Å²) < 4.78 is 13.2. The first-order chi connectivity index (χ1) is 9.22. The van der Waals surface area contributed by atoms with E-state index in [-0.39, 0.29) is 5.82 Å². The van der Waals surface area contributed by atoms with Crippen LogP contribution in [0.1, 0.15) is 5.56 Å². The van der Waals surface area contributed by atoms with Gasteiger partial charge in [-0.05, 0) is 17.7 Å². The first kappa shape index (κ1) is 12.6. The molecule has 1 unspecified atom stereocenters. The van der Waals surface area contributed by atoms with Crippen LogP contribution in [0.3, 0.4) is 0 Å². The Morgan fingerprint density at radius 1 is 1.32 bits per heavy atom. The third-order valence-corrected chi connectivity index (χ3v) is 4.02. The van der Waals surface area contributed by atoms with Crippen LogP contribution in [0.25, 0.3) is 0 Å². The number of hydrogen-bond donors (Lipinski definition) is 1. The summed E-state index contributed by atoms with van der Waals surface area (Å²) >= 11 is 0. The Bertz CT molecular complexity index is 474. The molecular formula is C15H20FN3. The molecule has 0 bridgehead atoms. The number of hydrogen-bond acceptors (Lipinski definition) is 3. The zero-order valence-corrected chi connectivity index (χ0v) is 11.1. The van der Waals surface area contributed by atoms with E-state index in [1.54, 1.807) is 12.1 Å². The molecule has 2 fully saturated rings. The van der Waals surface area contributed by atoms with Crippen LogP contribution in [0.15, 0.2) is 36.5 Å². The molecule has 2 saturated heterocycles. The molecule has 1 aromatic rings. The molecule has 1 aromatic carbocycles. The van der Waals surface area contributed by atoms with Crippen molar-refractivity contribution in [1.29, 1.82) is 0 Å². The van der Waals surface area contributed by atoms with Crippen molar-refractivity contribution >= 4 is 0 Å². The van der Waals surface area contributed by atoms with Gasteiger partial charge in [0, 0.05) is 45.0 Å². The maximum atomic E-state index is 13.2. The fraction of sp³-hybridized carbons (Fsp3) is 0.467. The summed E-state index contributed by atoms with van der Waals surface area (Å²) in [4.78, 5) is 4.87. The average molecular weight is 261 g/mol. The second-order valence-corrected chi connectivity index (χ2v) is 5.37. The van der Waals surface area contributed by atoms with Gasteiger partial charge in [0.25, 0.3) is 0 Å². The molecule has 4 heteroatoms. The van der Waals surface area contributed by atoms with Crippen molar-refractivity contribution in [3.05, 3.63) is 47.9 Å². The van der Waals surface area contributed by atoms with Gasteiger partial charge in [0.1, 0.15) is 5.82 Å². The molecule has 3 nitrogen and oxygen atoms in total. The Labute approximate surface area is 113 Å². The summed E-state index contributed by atoms with van der Waals surface area (Å²) in [6, 6.07) is 7.29. The molecule has 1 N–H and O–H groups in total. The van der Waals surface area contributed by atoms with E-state index in [0.29, 0.717) is 6.04 Å². The molecule has 0 saturated carbocycles. The third-order valence-electron chi connectivity index (χ3n) is 4.02. The Hall–Kier alpha value is -1.39. The van der Waals surface area contributed by atoms with Crippen LogP contribution in [0.5, 0.6) is 0 Å². The number of fused-ring (bicyclic) bond motifs is 1. The number of halogens is 1. The summed E-state index contributed by atoms with van der Waals surface area (Å²) in [5, 5.41) is 3.35. The maximum absolute atomic E-state index is 13.2. The largest absolute Gasteiger partial charge is 0.386 e. The number of piperazine rings is 2. The van der Waals surface area contributed by atoms with Gasteiger partial charge in [-0.2, -0.15) is 0 Å². The van der Waals surface area contributed by atoms with E-state index in [1.807, 2.05) is 6.07 Å². The van der Waals surface area contributed by atoms with E-state index in [0.717, 1.165) is 50.5 Å². The summed E-state index contributed by atoms with van der Waals surface area (Å²) in [6.07, 6.45) is 0. The Balaban J connectivity index is 1.65. The highest BCUT2D eigenvalue weighted by molar-refractivity contribution is 5.17. The SMILES string of the molecule is C=C1NCCN2CCN(Cc3cccc(F)c3)CC12. The van der Waals surface area contributed by atoms with Crippen molar-refractivity contribution in [3.8, 4) is 0 Å². The van der Waals surface area contributed by atoms with Gasteiger partial charge < -0.3 is 5.32 Å². The van der Waals surface area contributed by atoms with Gasteiger partial charge >= 0.3 is 0 Å². The van der Waals surface area contributed by atoms with E-state index in [9.17, 15) is 4.39 Å². The van der Waals surface area contributed by atoms with Gasteiger partial charge in [0.15, 0.2) is 0 Å². The van der Waals surface area contributed by atoms with Crippen LogP contribution >= 0.6 is 0 Å². The standard InChI is InChI=1S/C15H20FN3/c1-12-15-11-18(7-8-19(15)6-5-17-12)10-13-3-2-4-14(16)9-13/h2-4,9,15,17H,1,5-8,10-11H2. The number of benzene rings is 1. The highest BCUT2D eigenvalue weighted by Gasteiger charge is 2.31.